The third kappa shape index (κ3) is 2.78. The van der Waals surface area contributed by atoms with Crippen LogP contribution in [0.2, 0.25) is 0 Å². The number of amides is 1. The smallest absolute Gasteiger partial charge is 0.273 e. The van der Waals surface area contributed by atoms with E-state index in [2.05, 4.69) is 4.98 Å². The van der Waals surface area contributed by atoms with Crippen LogP contribution in [0.3, 0.4) is 0 Å². The number of nitrogens with zero attached hydrogens (tertiary/aromatic N) is 2. The van der Waals surface area contributed by atoms with Crippen LogP contribution >= 0.6 is 22.9 Å². The second-order valence-electron chi connectivity index (χ2n) is 4.17. The summed E-state index contributed by atoms with van der Waals surface area (Å²) in [5.74, 6) is 0.382. The molecule has 0 saturated carbocycles. The van der Waals surface area contributed by atoms with E-state index in [1.54, 1.807) is 10.3 Å². The lowest BCUT2D eigenvalue weighted by Gasteiger charge is -2.37. The van der Waals surface area contributed by atoms with Gasteiger partial charge in [0, 0.05) is 11.9 Å². The number of morpholine rings is 1. The summed E-state index contributed by atoms with van der Waals surface area (Å²) in [5.41, 5.74) is 0.523. The van der Waals surface area contributed by atoms with E-state index < -0.39 is 0 Å². The Morgan fingerprint density at radius 1 is 1.76 bits per heavy atom. The Morgan fingerprint density at radius 2 is 2.53 bits per heavy atom. The van der Waals surface area contributed by atoms with E-state index >= 15 is 0 Å². The molecule has 2 rings (SSSR count). The number of ether oxygens (including phenoxy) is 1. The molecule has 1 aliphatic rings. The van der Waals surface area contributed by atoms with Gasteiger partial charge in [0.05, 0.1) is 29.6 Å². The van der Waals surface area contributed by atoms with Crippen molar-refractivity contribution in [3.05, 3.63) is 16.1 Å². The number of thiazole rings is 1. The predicted octanol–water partition coefficient (Wildman–Crippen LogP) is 1.92. The highest BCUT2D eigenvalue weighted by Gasteiger charge is 2.30. The van der Waals surface area contributed by atoms with Crippen molar-refractivity contribution in [2.24, 2.45) is 0 Å². The highest BCUT2D eigenvalue weighted by molar-refractivity contribution is 7.09. The molecule has 6 heteroatoms. The lowest BCUT2D eigenvalue weighted by atomic mass is 10.2. The number of hydrogen-bond acceptors (Lipinski definition) is 4. The molecule has 1 fully saturated rings. The van der Waals surface area contributed by atoms with Crippen LogP contribution in [0.5, 0.6) is 0 Å². The average Bonchev–Trinajstić information content (AvgIpc) is 2.76. The molecular formula is C11H15ClN2O2S. The summed E-state index contributed by atoms with van der Waals surface area (Å²) >= 11 is 7.26. The molecule has 0 aromatic carbocycles. The fraction of sp³-hybridized carbons (Fsp3) is 0.636. The van der Waals surface area contributed by atoms with Gasteiger partial charge in [-0.2, -0.15) is 0 Å². The predicted molar refractivity (Wildman–Crippen MR) is 67.8 cm³/mol. The Morgan fingerprint density at radius 3 is 3.12 bits per heavy atom. The zero-order chi connectivity index (χ0) is 12.4. The van der Waals surface area contributed by atoms with Gasteiger partial charge in [0.1, 0.15) is 5.69 Å². The highest BCUT2D eigenvalue weighted by Crippen LogP contribution is 2.17. The molecule has 0 spiro atoms. The lowest BCUT2D eigenvalue weighted by Crippen LogP contribution is -2.51. The number of hydrogen-bond donors (Lipinski definition) is 0. The minimum Gasteiger partial charge on any atom is -0.373 e. The first-order chi connectivity index (χ1) is 8.11. The van der Waals surface area contributed by atoms with Gasteiger partial charge in [-0.25, -0.2) is 4.98 Å². The first-order valence-corrected chi connectivity index (χ1v) is 6.94. The van der Waals surface area contributed by atoms with Gasteiger partial charge >= 0.3 is 0 Å². The molecule has 0 bridgehead atoms. The monoisotopic (exact) mass is 274 g/mol. The van der Waals surface area contributed by atoms with Crippen LogP contribution < -0.4 is 0 Å². The third-order valence-electron chi connectivity index (χ3n) is 2.78. The third-order valence-corrected chi connectivity index (χ3v) is 3.89. The molecule has 0 aliphatic carbocycles. The van der Waals surface area contributed by atoms with Crippen LogP contribution in [0.4, 0.5) is 0 Å². The molecule has 94 valence electrons. The number of carbonyl (C=O) groups is 1. The maximum atomic E-state index is 12.3. The fourth-order valence-electron chi connectivity index (χ4n) is 1.80. The van der Waals surface area contributed by atoms with E-state index in [9.17, 15) is 4.79 Å². The highest BCUT2D eigenvalue weighted by atomic mass is 35.5. The second kappa shape index (κ2) is 5.33. The molecular weight excluding hydrogens is 260 g/mol. The molecule has 0 radical (unpaired) electrons. The molecule has 0 N–H and O–H groups in total. The molecule has 1 aromatic heterocycles. The number of alkyl halides is 1. The van der Waals surface area contributed by atoms with Crippen LogP contribution in [0.15, 0.2) is 5.38 Å². The van der Waals surface area contributed by atoms with Crippen molar-refractivity contribution in [1.82, 2.24) is 9.88 Å². The van der Waals surface area contributed by atoms with E-state index in [0.29, 0.717) is 24.7 Å². The minimum absolute atomic E-state index is 0.0275. The second-order valence-corrected chi connectivity index (χ2v) is 5.54. The van der Waals surface area contributed by atoms with Crippen molar-refractivity contribution in [2.45, 2.75) is 26.0 Å². The van der Waals surface area contributed by atoms with Crippen molar-refractivity contribution >= 4 is 28.8 Å². The molecule has 17 heavy (non-hydrogen) atoms. The summed E-state index contributed by atoms with van der Waals surface area (Å²) in [4.78, 5) is 18.3. The van der Waals surface area contributed by atoms with Crippen molar-refractivity contribution in [2.75, 3.05) is 19.0 Å². The van der Waals surface area contributed by atoms with Gasteiger partial charge in [-0.1, -0.05) is 0 Å². The number of aromatic nitrogens is 1. The van der Waals surface area contributed by atoms with E-state index in [4.69, 9.17) is 16.3 Å². The van der Waals surface area contributed by atoms with E-state index in [1.807, 2.05) is 13.8 Å². The number of rotatable bonds is 2. The molecule has 1 saturated heterocycles. The summed E-state index contributed by atoms with van der Waals surface area (Å²) in [6.45, 7) is 4.94. The zero-order valence-corrected chi connectivity index (χ0v) is 11.4. The minimum atomic E-state index is -0.0726. The van der Waals surface area contributed by atoms with Gasteiger partial charge in [-0.05, 0) is 13.8 Å². The first kappa shape index (κ1) is 12.8. The van der Waals surface area contributed by atoms with Gasteiger partial charge in [-0.3, -0.25) is 4.79 Å². The molecule has 1 amide bonds. The van der Waals surface area contributed by atoms with Gasteiger partial charge in [-0.15, -0.1) is 22.9 Å². The normalized spacial score (nSPS) is 25.0. The van der Waals surface area contributed by atoms with Crippen LogP contribution in [0.25, 0.3) is 0 Å². The number of halogens is 1. The maximum Gasteiger partial charge on any atom is 0.273 e. The van der Waals surface area contributed by atoms with Crippen molar-refractivity contribution in [3.8, 4) is 0 Å². The Kier molecular flexibility index (Phi) is 4.01. The van der Waals surface area contributed by atoms with Gasteiger partial charge in [0.25, 0.3) is 5.91 Å². The van der Waals surface area contributed by atoms with E-state index in [0.717, 1.165) is 5.01 Å². The van der Waals surface area contributed by atoms with Crippen molar-refractivity contribution in [1.29, 1.82) is 0 Å². The van der Waals surface area contributed by atoms with Crippen molar-refractivity contribution in [3.63, 3.8) is 0 Å². The Hall–Kier alpha value is -0.650. The van der Waals surface area contributed by atoms with Crippen molar-refractivity contribution < 1.29 is 9.53 Å². The molecule has 1 aromatic rings. The summed E-state index contributed by atoms with van der Waals surface area (Å²) in [6, 6.07) is 0.0731. The number of carbonyl (C=O) groups excluding carboxylic acids is 1. The Balaban J connectivity index is 2.12. The summed E-state index contributed by atoms with van der Waals surface area (Å²) in [5, 5.41) is 2.71. The maximum absolute atomic E-state index is 12.3. The van der Waals surface area contributed by atoms with E-state index in [1.165, 1.54) is 11.3 Å². The van der Waals surface area contributed by atoms with Gasteiger partial charge in [0.2, 0.25) is 0 Å². The summed E-state index contributed by atoms with van der Waals surface area (Å²) in [6.07, 6.45) is -0.0726. The van der Waals surface area contributed by atoms with Crippen LogP contribution in [0, 0.1) is 6.92 Å². The molecule has 2 atom stereocenters. The fourth-order valence-corrected chi connectivity index (χ4v) is 2.58. The van der Waals surface area contributed by atoms with Gasteiger partial charge < -0.3 is 9.64 Å². The average molecular weight is 275 g/mol. The van der Waals surface area contributed by atoms with Gasteiger partial charge in [0.15, 0.2) is 0 Å². The van der Waals surface area contributed by atoms with E-state index in [-0.39, 0.29) is 18.1 Å². The summed E-state index contributed by atoms with van der Waals surface area (Å²) in [7, 11) is 0. The quantitative estimate of drug-likeness (QED) is 0.774. The van der Waals surface area contributed by atoms with Crippen LogP contribution in [-0.2, 0) is 4.74 Å². The largest absolute Gasteiger partial charge is 0.373 e. The molecule has 4 nitrogen and oxygen atoms in total. The first-order valence-electron chi connectivity index (χ1n) is 5.52. The Labute approximate surface area is 110 Å². The van der Waals surface area contributed by atoms with Crippen LogP contribution in [-0.4, -0.2) is 47.0 Å². The summed E-state index contributed by atoms with van der Waals surface area (Å²) < 4.78 is 5.52. The Bertz CT molecular complexity index is 410. The molecule has 2 heterocycles. The van der Waals surface area contributed by atoms with Crippen LogP contribution in [0.1, 0.15) is 22.4 Å². The number of aryl methyl sites for hydroxylation is 1. The SMILES string of the molecule is Cc1nc(C(=O)N2CC(CCl)OCC2C)cs1. The topological polar surface area (TPSA) is 42.4 Å². The standard InChI is InChI=1S/C11H15ClN2O2S/c1-7-5-16-9(3-12)4-14(7)11(15)10-6-17-8(2)13-10/h6-7,9H,3-5H2,1-2H3. The molecule has 2 unspecified atom stereocenters. The molecule has 1 aliphatic heterocycles. The zero-order valence-electron chi connectivity index (χ0n) is 9.85. The lowest BCUT2D eigenvalue weighted by molar-refractivity contribution is -0.0373.